The Kier molecular flexibility index (Phi) is 6.11. The zero-order valence-corrected chi connectivity index (χ0v) is 16.5. The molecule has 1 amide bonds. The second-order valence-electron chi connectivity index (χ2n) is 6.12. The van der Waals surface area contributed by atoms with Crippen LogP contribution in [0.1, 0.15) is 15.9 Å². The predicted molar refractivity (Wildman–Crippen MR) is 112 cm³/mol. The summed E-state index contributed by atoms with van der Waals surface area (Å²) < 4.78 is 15.6. The summed E-state index contributed by atoms with van der Waals surface area (Å²) in [6.45, 7) is 0. The Morgan fingerprint density at radius 2 is 1.60 bits per heavy atom. The summed E-state index contributed by atoms with van der Waals surface area (Å²) in [5.74, 6) is 0.271. The average Bonchev–Trinajstić information content (AvgIpc) is 2.77. The first kappa shape index (κ1) is 20.6. The number of nitrogens with zero attached hydrogens (tertiary/aromatic N) is 2. The summed E-state index contributed by atoms with van der Waals surface area (Å²) in [4.78, 5) is 23.3. The van der Waals surface area contributed by atoms with E-state index in [0.717, 1.165) is 10.8 Å². The minimum absolute atomic E-state index is 0.0546. The molecule has 9 heteroatoms. The Bertz CT molecular complexity index is 1140. The van der Waals surface area contributed by atoms with E-state index in [1.807, 2.05) is 24.3 Å². The van der Waals surface area contributed by atoms with Gasteiger partial charge in [0.25, 0.3) is 5.91 Å². The first-order valence-corrected chi connectivity index (χ1v) is 8.79. The van der Waals surface area contributed by atoms with Crippen molar-refractivity contribution in [2.24, 2.45) is 5.10 Å². The molecule has 0 radical (unpaired) electrons. The molecule has 0 fully saturated rings. The number of carbonyl (C=O) groups excluding carboxylic acids is 1. The molecule has 0 aromatic heterocycles. The number of amides is 1. The first-order valence-electron chi connectivity index (χ1n) is 8.79. The van der Waals surface area contributed by atoms with Gasteiger partial charge in [0, 0.05) is 17.7 Å². The van der Waals surface area contributed by atoms with Gasteiger partial charge in [-0.2, -0.15) is 5.10 Å². The Morgan fingerprint density at radius 3 is 2.20 bits per heavy atom. The van der Waals surface area contributed by atoms with Crippen LogP contribution in [0.3, 0.4) is 0 Å². The van der Waals surface area contributed by atoms with Crippen molar-refractivity contribution in [3.05, 3.63) is 69.8 Å². The van der Waals surface area contributed by atoms with E-state index in [-0.39, 0.29) is 11.4 Å². The number of carbonyl (C=O) groups is 1. The number of ether oxygens (including phenoxy) is 3. The topological polar surface area (TPSA) is 112 Å². The van der Waals surface area contributed by atoms with Crippen molar-refractivity contribution in [2.45, 2.75) is 0 Å². The largest absolute Gasteiger partial charge is 0.496 e. The molecule has 0 spiro atoms. The van der Waals surface area contributed by atoms with Crippen LogP contribution in [-0.4, -0.2) is 38.4 Å². The fourth-order valence-electron chi connectivity index (χ4n) is 2.94. The molecule has 3 rings (SSSR count). The highest BCUT2D eigenvalue weighted by Crippen LogP contribution is 2.33. The van der Waals surface area contributed by atoms with Crippen molar-refractivity contribution in [3.8, 4) is 17.2 Å². The van der Waals surface area contributed by atoms with E-state index in [4.69, 9.17) is 14.2 Å². The van der Waals surface area contributed by atoms with Crippen molar-refractivity contribution in [3.63, 3.8) is 0 Å². The lowest BCUT2D eigenvalue weighted by atomic mass is 10.1. The number of hydrogen-bond acceptors (Lipinski definition) is 7. The van der Waals surface area contributed by atoms with E-state index < -0.39 is 10.8 Å². The van der Waals surface area contributed by atoms with E-state index in [9.17, 15) is 14.9 Å². The highest BCUT2D eigenvalue weighted by atomic mass is 16.6. The van der Waals surface area contributed by atoms with Gasteiger partial charge in [-0.15, -0.1) is 0 Å². The van der Waals surface area contributed by atoms with Gasteiger partial charge in [0.05, 0.1) is 38.0 Å². The molecule has 154 valence electrons. The minimum Gasteiger partial charge on any atom is -0.496 e. The maximum Gasteiger partial charge on any atom is 0.311 e. The molecule has 0 aliphatic rings. The zero-order chi connectivity index (χ0) is 21.7. The van der Waals surface area contributed by atoms with Gasteiger partial charge >= 0.3 is 5.69 Å². The number of nitro groups is 1. The summed E-state index contributed by atoms with van der Waals surface area (Å²) >= 11 is 0. The van der Waals surface area contributed by atoms with Crippen LogP contribution in [0.2, 0.25) is 0 Å². The fourth-order valence-corrected chi connectivity index (χ4v) is 2.94. The van der Waals surface area contributed by atoms with Gasteiger partial charge in [0.2, 0.25) is 5.75 Å². The third kappa shape index (κ3) is 4.14. The van der Waals surface area contributed by atoms with Crippen LogP contribution in [0.25, 0.3) is 10.8 Å². The lowest BCUT2D eigenvalue weighted by molar-refractivity contribution is -0.385. The summed E-state index contributed by atoms with van der Waals surface area (Å²) in [5, 5.41) is 17.0. The molecule has 1 N–H and O–H groups in total. The smallest absolute Gasteiger partial charge is 0.311 e. The highest BCUT2D eigenvalue weighted by molar-refractivity contribution is 6.02. The van der Waals surface area contributed by atoms with Crippen LogP contribution in [0, 0.1) is 10.1 Å². The number of benzene rings is 3. The molecule has 0 aliphatic heterocycles. The number of hydrazone groups is 1. The monoisotopic (exact) mass is 409 g/mol. The van der Waals surface area contributed by atoms with E-state index in [2.05, 4.69) is 10.5 Å². The van der Waals surface area contributed by atoms with Crippen molar-refractivity contribution in [2.75, 3.05) is 21.3 Å². The Labute approximate surface area is 172 Å². The van der Waals surface area contributed by atoms with Gasteiger partial charge in [-0.3, -0.25) is 14.9 Å². The number of nitrogens with one attached hydrogen (secondary N) is 1. The van der Waals surface area contributed by atoms with Crippen molar-refractivity contribution in [1.82, 2.24) is 5.43 Å². The summed E-state index contributed by atoms with van der Waals surface area (Å²) in [7, 11) is 4.22. The van der Waals surface area contributed by atoms with Crippen molar-refractivity contribution >= 4 is 28.6 Å². The lowest BCUT2D eigenvalue weighted by Gasteiger charge is -2.10. The molecule has 3 aromatic carbocycles. The first-order chi connectivity index (χ1) is 14.5. The predicted octanol–water partition coefficient (Wildman–Crippen LogP) is 3.54. The minimum atomic E-state index is -0.575. The Hall–Kier alpha value is -4.14. The standard InChI is InChI=1S/C21H19N3O6/c1-28-18-11-20(30-3)17(24(26)27)9-15(18)12-22-23-21(25)16-8-13-6-4-5-7-14(13)10-19(16)29-2/h4-12H,1-3H3,(H,23,25). The van der Waals surface area contributed by atoms with E-state index in [1.54, 1.807) is 12.1 Å². The Balaban J connectivity index is 1.88. The van der Waals surface area contributed by atoms with Gasteiger partial charge in [0.1, 0.15) is 11.5 Å². The molecule has 3 aromatic rings. The van der Waals surface area contributed by atoms with Gasteiger partial charge in [0.15, 0.2) is 0 Å². The quantitative estimate of drug-likeness (QED) is 0.363. The molecule has 0 heterocycles. The number of rotatable bonds is 7. The number of methoxy groups -OCH3 is 3. The van der Waals surface area contributed by atoms with Gasteiger partial charge in [-0.05, 0) is 22.9 Å². The number of fused-ring (bicyclic) bond motifs is 1. The third-order valence-electron chi connectivity index (χ3n) is 4.41. The second-order valence-corrected chi connectivity index (χ2v) is 6.12. The molecular weight excluding hydrogens is 390 g/mol. The van der Waals surface area contributed by atoms with Gasteiger partial charge in [-0.25, -0.2) is 5.43 Å². The van der Waals surface area contributed by atoms with Crippen LogP contribution >= 0.6 is 0 Å². The maximum absolute atomic E-state index is 12.6. The van der Waals surface area contributed by atoms with E-state index in [1.165, 1.54) is 39.7 Å². The van der Waals surface area contributed by atoms with Crippen LogP contribution in [0.15, 0.2) is 53.6 Å². The van der Waals surface area contributed by atoms with Gasteiger partial charge in [-0.1, -0.05) is 24.3 Å². The SMILES string of the molecule is COc1cc(OC)c([N+](=O)[O-])cc1C=NNC(=O)c1cc2ccccc2cc1OC. The van der Waals surface area contributed by atoms with Crippen LogP contribution in [0.5, 0.6) is 17.2 Å². The molecule has 0 atom stereocenters. The van der Waals surface area contributed by atoms with Crippen LogP contribution in [-0.2, 0) is 0 Å². The molecule has 9 nitrogen and oxygen atoms in total. The summed E-state index contributed by atoms with van der Waals surface area (Å²) in [5.41, 5.74) is 2.77. The van der Waals surface area contributed by atoms with Crippen LogP contribution in [0.4, 0.5) is 5.69 Å². The summed E-state index contributed by atoms with van der Waals surface area (Å²) in [6.07, 6.45) is 1.26. The second kappa shape index (κ2) is 8.91. The molecular formula is C21H19N3O6. The molecule has 30 heavy (non-hydrogen) atoms. The third-order valence-corrected chi connectivity index (χ3v) is 4.41. The maximum atomic E-state index is 12.6. The lowest BCUT2D eigenvalue weighted by Crippen LogP contribution is -2.18. The Morgan fingerprint density at radius 1 is 0.967 bits per heavy atom. The fraction of sp³-hybridized carbons (Fsp3) is 0.143. The molecule has 0 saturated heterocycles. The number of nitro benzene ring substituents is 1. The number of hydrogen-bond donors (Lipinski definition) is 1. The van der Waals surface area contributed by atoms with Crippen molar-refractivity contribution < 1.29 is 23.9 Å². The molecule has 0 bridgehead atoms. The molecule has 0 saturated carbocycles. The average molecular weight is 409 g/mol. The zero-order valence-electron chi connectivity index (χ0n) is 16.5. The summed E-state index contributed by atoms with van der Waals surface area (Å²) in [6, 6.07) is 13.7. The highest BCUT2D eigenvalue weighted by Gasteiger charge is 2.19. The normalized spacial score (nSPS) is 10.8. The molecule has 0 aliphatic carbocycles. The van der Waals surface area contributed by atoms with Crippen molar-refractivity contribution in [1.29, 1.82) is 0 Å². The van der Waals surface area contributed by atoms with Crippen LogP contribution < -0.4 is 19.6 Å². The van der Waals surface area contributed by atoms with E-state index in [0.29, 0.717) is 22.6 Å². The van der Waals surface area contributed by atoms with Gasteiger partial charge < -0.3 is 14.2 Å². The molecule has 0 unspecified atom stereocenters. The van der Waals surface area contributed by atoms with E-state index >= 15 is 0 Å².